The summed E-state index contributed by atoms with van der Waals surface area (Å²) in [6.07, 6.45) is 1.30. The summed E-state index contributed by atoms with van der Waals surface area (Å²) in [6.45, 7) is 3.89. The molecular weight excluding hydrogens is 353 g/mol. The topological polar surface area (TPSA) is 70.4 Å². The molecule has 0 aliphatic carbocycles. The van der Waals surface area contributed by atoms with Crippen molar-refractivity contribution in [1.82, 2.24) is 9.55 Å². The number of nitrogens with zero attached hydrogens (tertiary/aromatic N) is 2. The highest BCUT2D eigenvalue weighted by molar-refractivity contribution is 7.71. The molecule has 0 fully saturated rings. The van der Waals surface area contributed by atoms with E-state index >= 15 is 0 Å². The molecule has 7 heteroatoms. The number of nitrogens with one attached hydrogen (secondary N) is 1. The van der Waals surface area contributed by atoms with Gasteiger partial charge >= 0.3 is 0 Å². The van der Waals surface area contributed by atoms with Crippen LogP contribution in [-0.2, 0) is 0 Å². The molecule has 0 amide bonds. The van der Waals surface area contributed by atoms with Gasteiger partial charge in [0.1, 0.15) is 11.4 Å². The molecule has 0 unspecified atom stereocenters. The lowest BCUT2D eigenvalue weighted by Gasteiger charge is -2.11. The van der Waals surface area contributed by atoms with Gasteiger partial charge in [-0.05, 0) is 67.5 Å². The zero-order chi connectivity index (χ0) is 18.8. The van der Waals surface area contributed by atoms with Gasteiger partial charge in [0.2, 0.25) is 5.88 Å². The number of hydrogen-bond acceptors (Lipinski definition) is 4. The number of rotatable bonds is 3. The van der Waals surface area contributed by atoms with Crippen molar-refractivity contribution in [3.05, 3.63) is 80.1 Å². The number of aromatic hydroxyl groups is 1. The highest BCUT2D eigenvalue weighted by atomic mass is 32.1. The molecule has 1 heterocycles. The summed E-state index contributed by atoms with van der Waals surface area (Å²) in [5, 5.41) is 10.6. The average molecular weight is 369 g/mol. The van der Waals surface area contributed by atoms with Gasteiger partial charge < -0.3 is 5.11 Å². The Morgan fingerprint density at radius 1 is 1.19 bits per heavy atom. The van der Waals surface area contributed by atoms with Crippen molar-refractivity contribution >= 4 is 24.1 Å². The predicted octanol–water partition coefficient (Wildman–Crippen LogP) is 4.11. The molecule has 1 aromatic heterocycles. The molecule has 0 atom stereocenters. The summed E-state index contributed by atoms with van der Waals surface area (Å²) in [6, 6.07) is 11.0. The summed E-state index contributed by atoms with van der Waals surface area (Å²) in [7, 11) is 0. The SMILES string of the molecule is Cc1cccc(N=Cc2c(O)n(-c3ccc(F)cc3)c(=S)[nH]c2=O)c1C. The van der Waals surface area contributed by atoms with E-state index in [0.29, 0.717) is 11.4 Å². The van der Waals surface area contributed by atoms with Crippen molar-refractivity contribution in [3.63, 3.8) is 0 Å². The third kappa shape index (κ3) is 3.34. The lowest BCUT2D eigenvalue weighted by molar-refractivity contribution is 0.432. The van der Waals surface area contributed by atoms with Crippen LogP contribution in [0, 0.1) is 24.4 Å². The smallest absolute Gasteiger partial charge is 0.264 e. The van der Waals surface area contributed by atoms with Crippen molar-refractivity contribution in [1.29, 1.82) is 0 Å². The van der Waals surface area contributed by atoms with Gasteiger partial charge in [0.25, 0.3) is 5.56 Å². The highest BCUT2D eigenvalue weighted by Gasteiger charge is 2.13. The van der Waals surface area contributed by atoms with Gasteiger partial charge in [-0.2, -0.15) is 0 Å². The van der Waals surface area contributed by atoms with Crippen molar-refractivity contribution in [2.45, 2.75) is 13.8 Å². The Morgan fingerprint density at radius 2 is 1.88 bits per heavy atom. The fourth-order valence-electron chi connectivity index (χ4n) is 2.49. The second kappa shape index (κ2) is 7.05. The van der Waals surface area contributed by atoms with Crippen LogP contribution >= 0.6 is 12.2 Å². The molecule has 26 heavy (non-hydrogen) atoms. The Balaban J connectivity index is 2.14. The first kappa shape index (κ1) is 17.8. The van der Waals surface area contributed by atoms with Gasteiger partial charge in [0, 0.05) is 6.21 Å². The zero-order valence-corrected chi connectivity index (χ0v) is 15.0. The molecular formula is C19H16FN3O2S. The quantitative estimate of drug-likeness (QED) is 0.539. The van der Waals surface area contributed by atoms with Crippen LogP contribution < -0.4 is 5.56 Å². The fourth-order valence-corrected chi connectivity index (χ4v) is 2.78. The first-order valence-corrected chi connectivity index (χ1v) is 8.24. The number of H-pyrrole nitrogens is 1. The molecule has 0 bridgehead atoms. The molecule has 5 nitrogen and oxygen atoms in total. The maximum absolute atomic E-state index is 13.1. The van der Waals surface area contributed by atoms with Crippen molar-refractivity contribution < 1.29 is 9.50 Å². The number of aromatic nitrogens is 2. The summed E-state index contributed by atoms with van der Waals surface area (Å²) >= 11 is 5.13. The van der Waals surface area contributed by atoms with Crippen LogP contribution in [-0.4, -0.2) is 20.9 Å². The summed E-state index contributed by atoms with van der Waals surface area (Å²) in [5.74, 6) is -0.777. The Kier molecular flexibility index (Phi) is 4.81. The monoisotopic (exact) mass is 369 g/mol. The van der Waals surface area contributed by atoms with Gasteiger partial charge in [-0.15, -0.1) is 0 Å². The lowest BCUT2D eigenvalue weighted by atomic mass is 10.1. The van der Waals surface area contributed by atoms with E-state index in [4.69, 9.17) is 12.2 Å². The van der Waals surface area contributed by atoms with E-state index in [0.717, 1.165) is 11.1 Å². The molecule has 0 aliphatic heterocycles. The normalized spacial score (nSPS) is 11.2. The van der Waals surface area contributed by atoms with Crippen LogP contribution in [0.4, 0.5) is 10.1 Å². The van der Waals surface area contributed by atoms with Crippen LogP contribution in [0.25, 0.3) is 5.69 Å². The Morgan fingerprint density at radius 3 is 2.58 bits per heavy atom. The standard InChI is InChI=1S/C19H16FN3O2S/c1-11-4-3-5-16(12(11)2)21-10-15-17(24)22-19(26)23(18(15)25)14-8-6-13(20)7-9-14/h3-10,25H,1-2H3,(H,22,24,26). The first-order valence-electron chi connectivity index (χ1n) is 7.83. The number of hydrogen-bond donors (Lipinski definition) is 2. The Hall–Kier alpha value is -3.06. The molecule has 0 saturated carbocycles. The van der Waals surface area contributed by atoms with E-state index in [-0.39, 0.29) is 16.2 Å². The van der Waals surface area contributed by atoms with Gasteiger partial charge in [0.05, 0.1) is 11.4 Å². The molecule has 132 valence electrons. The Labute approximate surface area is 154 Å². The number of aliphatic imine (C=N–C) groups is 1. The maximum atomic E-state index is 13.1. The van der Waals surface area contributed by atoms with Crippen LogP contribution in [0.2, 0.25) is 0 Å². The summed E-state index contributed by atoms with van der Waals surface area (Å²) < 4.78 is 14.4. The average Bonchev–Trinajstić information content (AvgIpc) is 2.59. The number of benzene rings is 2. The van der Waals surface area contributed by atoms with E-state index in [1.54, 1.807) is 0 Å². The van der Waals surface area contributed by atoms with Crippen LogP contribution in [0.3, 0.4) is 0 Å². The van der Waals surface area contributed by atoms with Crippen molar-refractivity contribution in [3.8, 4) is 11.6 Å². The minimum Gasteiger partial charge on any atom is -0.494 e. The van der Waals surface area contributed by atoms with Crippen LogP contribution in [0.1, 0.15) is 16.7 Å². The lowest BCUT2D eigenvalue weighted by Crippen LogP contribution is -2.18. The van der Waals surface area contributed by atoms with E-state index < -0.39 is 11.4 Å². The predicted molar refractivity (Wildman–Crippen MR) is 102 cm³/mol. The molecule has 0 saturated heterocycles. The number of aromatic amines is 1. The third-order valence-electron chi connectivity index (χ3n) is 4.11. The number of aryl methyl sites for hydroxylation is 1. The zero-order valence-electron chi connectivity index (χ0n) is 14.2. The minimum atomic E-state index is -0.556. The van der Waals surface area contributed by atoms with E-state index in [1.807, 2.05) is 32.0 Å². The Bertz CT molecular complexity index is 1120. The van der Waals surface area contributed by atoms with E-state index in [9.17, 15) is 14.3 Å². The van der Waals surface area contributed by atoms with Crippen molar-refractivity contribution in [2.24, 2.45) is 4.99 Å². The molecule has 2 aromatic carbocycles. The summed E-state index contributed by atoms with van der Waals surface area (Å²) in [4.78, 5) is 19.1. The largest absolute Gasteiger partial charge is 0.494 e. The van der Waals surface area contributed by atoms with E-state index in [2.05, 4.69) is 9.98 Å². The molecule has 0 radical (unpaired) electrons. The first-order chi connectivity index (χ1) is 12.4. The molecule has 3 aromatic rings. The molecule has 0 aliphatic rings. The van der Waals surface area contributed by atoms with Gasteiger partial charge in [-0.3, -0.25) is 19.3 Å². The molecule has 0 spiro atoms. The molecule has 3 rings (SSSR count). The number of halogens is 1. The van der Waals surface area contributed by atoms with Crippen LogP contribution in [0.5, 0.6) is 5.88 Å². The third-order valence-corrected chi connectivity index (χ3v) is 4.40. The second-order valence-corrected chi connectivity index (χ2v) is 6.17. The fraction of sp³-hybridized carbons (Fsp3) is 0.105. The summed E-state index contributed by atoms with van der Waals surface area (Å²) in [5.41, 5.74) is 2.57. The maximum Gasteiger partial charge on any atom is 0.264 e. The van der Waals surface area contributed by atoms with Gasteiger partial charge in [0.15, 0.2) is 4.77 Å². The van der Waals surface area contributed by atoms with Crippen molar-refractivity contribution in [2.75, 3.05) is 0 Å². The highest BCUT2D eigenvalue weighted by Crippen LogP contribution is 2.23. The second-order valence-electron chi connectivity index (χ2n) is 5.79. The van der Waals surface area contributed by atoms with Gasteiger partial charge in [-0.1, -0.05) is 12.1 Å². The minimum absolute atomic E-state index is 0.00277. The molecule has 2 N–H and O–H groups in total. The van der Waals surface area contributed by atoms with Crippen LogP contribution in [0.15, 0.2) is 52.3 Å². The van der Waals surface area contributed by atoms with E-state index in [1.165, 1.54) is 35.0 Å². The van der Waals surface area contributed by atoms with Gasteiger partial charge in [-0.25, -0.2) is 4.39 Å².